The zero-order valence-electron chi connectivity index (χ0n) is 12.1. The summed E-state index contributed by atoms with van der Waals surface area (Å²) >= 11 is 1.71. The molecule has 0 aliphatic carbocycles. The molecule has 1 aliphatic rings. The van der Waals surface area contributed by atoms with Crippen molar-refractivity contribution in [1.29, 1.82) is 5.26 Å². The van der Waals surface area contributed by atoms with Crippen molar-refractivity contribution in [2.45, 2.75) is 39.3 Å². The number of nitriles is 1. The highest BCUT2D eigenvalue weighted by Gasteiger charge is 2.29. The van der Waals surface area contributed by atoms with Crippen LogP contribution in [-0.4, -0.2) is 42.0 Å². The lowest BCUT2D eigenvalue weighted by Crippen LogP contribution is -2.52. The number of piperazine rings is 1. The van der Waals surface area contributed by atoms with Gasteiger partial charge in [0.05, 0.1) is 6.07 Å². The Hall–Kier alpha value is -0.890. The summed E-state index contributed by atoms with van der Waals surface area (Å²) in [6.07, 6.45) is 1.20. The quantitative estimate of drug-likeness (QED) is 0.847. The highest BCUT2D eigenvalue weighted by molar-refractivity contribution is 7.10. The number of thiophene rings is 1. The van der Waals surface area contributed by atoms with Crippen LogP contribution in [0.5, 0.6) is 0 Å². The highest BCUT2D eigenvalue weighted by Crippen LogP contribution is 2.29. The molecule has 0 aromatic carbocycles. The molecule has 2 heterocycles. The van der Waals surface area contributed by atoms with E-state index in [4.69, 9.17) is 0 Å². The second-order valence-electron chi connectivity index (χ2n) is 5.38. The molecule has 104 valence electrons. The van der Waals surface area contributed by atoms with Crippen molar-refractivity contribution in [3.8, 4) is 6.07 Å². The van der Waals surface area contributed by atoms with Crippen molar-refractivity contribution < 1.29 is 0 Å². The zero-order valence-corrected chi connectivity index (χ0v) is 12.9. The van der Waals surface area contributed by atoms with Gasteiger partial charge in [-0.15, -0.1) is 11.3 Å². The molecule has 4 heteroatoms. The van der Waals surface area contributed by atoms with Crippen molar-refractivity contribution in [2.75, 3.05) is 26.2 Å². The smallest absolute Gasteiger partial charge is 0.133 e. The lowest BCUT2D eigenvalue weighted by molar-refractivity contribution is 0.0697. The maximum absolute atomic E-state index is 9.53. The molecule has 2 unspecified atom stereocenters. The van der Waals surface area contributed by atoms with Crippen LogP contribution in [0.2, 0.25) is 0 Å². The molecule has 2 rings (SSSR count). The Labute approximate surface area is 120 Å². The number of rotatable bonds is 4. The Bertz CT molecular complexity index is 448. The third-order valence-corrected chi connectivity index (χ3v) is 5.02. The van der Waals surface area contributed by atoms with Gasteiger partial charge in [0.25, 0.3) is 0 Å². The topological polar surface area (TPSA) is 30.3 Å². The fraction of sp³-hybridized carbons (Fsp3) is 0.667. The van der Waals surface area contributed by atoms with Crippen molar-refractivity contribution in [1.82, 2.24) is 9.80 Å². The monoisotopic (exact) mass is 277 g/mol. The van der Waals surface area contributed by atoms with Gasteiger partial charge in [0, 0.05) is 30.6 Å². The number of hydrogen-bond acceptors (Lipinski definition) is 4. The van der Waals surface area contributed by atoms with E-state index in [1.807, 2.05) is 0 Å². The molecule has 1 aliphatic heterocycles. The van der Waals surface area contributed by atoms with E-state index >= 15 is 0 Å². The van der Waals surface area contributed by atoms with Crippen LogP contribution in [0.4, 0.5) is 0 Å². The Morgan fingerprint density at radius 2 is 2.32 bits per heavy atom. The Morgan fingerprint density at radius 3 is 2.84 bits per heavy atom. The number of hydrogen-bond donors (Lipinski definition) is 0. The lowest BCUT2D eigenvalue weighted by atomic mass is 10.1. The van der Waals surface area contributed by atoms with Crippen LogP contribution in [0.3, 0.4) is 0 Å². The molecular weight excluding hydrogens is 254 g/mol. The minimum absolute atomic E-state index is 0.0637. The van der Waals surface area contributed by atoms with Gasteiger partial charge in [0.1, 0.15) is 6.04 Å². The Balaban J connectivity index is 2.07. The molecule has 0 amide bonds. The second-order valence-corrected chi connectivity index (χ2v) is 6.33. The van der Waals surface area contributed by atoms with E-state index in [0.717, 1.165) is 19.6 Å². The standard InChI is InChI=1S/C15H23N3S/c1-4-6-17-7-8-18(11-13(17)3)14(10-16)15-12(2)5-9-19-15/h5,9,13-14H,4,6-8,11H2,1-3H3. The molecule has 1 saturated heterocycles. The van der Waals surface area contributed by atoms with Crippen molar-refractivity contribution in [2.24, 2.45) is 0 Å². The molecule has 0 N–H and O–H groups in total. The third kappa shape index (κ3) is 3.17. The Kier molecular flexibility index (Phi) is 4.98. The third-order valence-electron chi connectivity index (χ3n) is 3.94. The first-order valence-electron chi connectivity index (χ1n) is 7.09. The Morgan fingerprint density at radius 1 is 1.53 bits per heavy atom. The minimum Gasteiger partial charge on any atom is -0.298 e. The average Bonchev–Trinajstić information content (AvgIpc) is 2.80. The van der Waals surface area contributed by atoms with E-state index in [-0.39, 0.29) is 6.04 Å². The van der Waals surface area contributed by atoms with Crippen LogP contribution in [0.25, 0.3) is 0 Å². The van der Waals surface area contributed by atoms with Gasteiger partial charge in [0.15, 0.2) is 0 Å². The first-order chi connectivity index (χ1) is 9.17. The van der Waals surface area contributed by atoms with Crippen LogP contribution < -0.4 is 0 Å². The molecule has 3 nitrogen and oxygen atoms in total. The van der Waals surface area contributed by atoms with E-state index in [1.165, 1.54) is 23.4 Å². The van der Waals surface area contributed by atoms with Gasteiger partial charge in [-0.1, -0.05) is 6.92 Å². The van der Waals surface area contributed by atoms with Gasteiger partial charge in [-0.3, -0.25) is 9.80 Å². The zero-order chi connectivity index (χ0) is 13.8. The van der Waals surface area contributed by atoms with Crippen LogP contribution in [-0.2, 0) is 0 Å². The van der Waals surface area contributed by atoms with E-state index < -0.39 is 0 Å². The van der Waals surface area contributed by atoms with Crippen molar-refractivity contribution in [3.05, 3.63) is 21.9 Å². The average molecular weight is 277 g/mol. The second kappa shape index (κ2) is 6.51. The van der Waals surface area contributed by atoms with E-state index in [9.17, 15) is 5.26 Å². The normalized spacial score (nSPS) is 23.2. The van der Waals surface area contributed by atoms with Gasteiger partial charge in [-0.05, 0) is 43.8 Å². The molecule has 1 fully saturated rings. The first-order valence-corrected chi connectivity index (χ1v) is 7.97. The van der Waals surface area contributed by atoms with Gasteiger partial charge >= 0.3 is 0 Å². The molecule has 1 aromatic heterocycles. The molecule has 0 spiro atoms. The van der Waals surface area contributed by atoms with Crippen molar-refractivity contribution >= 4 is 11.3 Å². The SMILES string of the molecule is CCCN1CCN(C(C#N)c2sccc2C)CC1C. The van der Waals surface area contributed by atoms with E-state index in [0.29, 0.717) is 6.04 Å². The fourth-order valence-corrected chi connectivity index (χ4v) is 3.85. The largest absolute Gasteiger partial charge is 0.298 e. The summed E-state index contributed by atoms with van der Waals surface area (Å²) in [5, 5.41) is 11.6. The maximum atomic E-state index is 9.53. The van der Waals surface area contributed by atoms with Crippen LogP contribution in [0.1, 0.15) is 36.8 Å². The summed E-state index contributed by atoms with van der Waals surface area (Å²) in [6, 6.07) is 5.09. The summed E-state index contributed by atoms with van der Waals surface area (Å²) < 4.78 is 0. The minimum atomic E-state index is -0.0637. The first kappa shape index (κ1) is 14.5. The predicted octanol–water partition coefficient (Wildman–Crippen LogP) is 3.04. The molecule has 2 atom stereocenters. The number of aryl methyl sites for hydroxylation is 1. The van der Waals surface area contributed by atoms with Gasteiger partial charge in [-0.25, -0.2) is 0 Å². The maximum Gasteiger partial charge on any atom is 0.133 e. The molecule has 1 aromatic rings. The van der Waals surface area contributed by atoms with E-state index in [2.05, 4.69) is 48.1 Å². The summed E-state index contributed by atoms with van der Waals surface area (Å²) in [4.78, 5) is 6.10. The molecule has 0 radical (unpaired) electrons. The molecule has 0 bridgehead atoms. The molecule has 19 heavy (non-hydrogen) atoms. The summed E-state index contributed by atoms with van der Waals surface area (Å²) in [7, 11) is 0. The molecular formula is C15H23N3S. The van der Waals surface area contributed by atoms with Crippen LogP contribution in [0.15, 0.2) is 11.4 Å². The lowest BCUT2D eigenvalue weighted by Gasteiger charge is -2.41. The summed E-state index contributed by atoms with van der Waals surface area (Å²) in [5.41, 5.74) is 1.25. The number of nitrogens with zero attached hydrogens (tertiary/aromatic N) is 3. The fourth-order valence-electron chi connectivity index (χ4n) is 2.85. The van der Waals surface area contributed by atoms with Gasteiger partial charge in [-0.2, -0.15) is 5.26 Å². The van der Waals surface area contributed by atoms with E-state index in [1.54, 1.807) is 11.3 Å². The predicted molar refractivity (Wildman–Crippen MR) is 80.3 cm³/mol. The highest BCUT2D eigenvalue weighted by atomic mass is 32.1. The summed E-state index contributed by atoms with van der Waals surface area (Å²) in [6.45, 7) is 10.9. The molecule has 0 saturated carbocycles. The van der Waals surface area contributed by atoms with Crippen LogP contribution >= 0.6 is 11.3 Å². The van der Waals surface area contributed by atoms with Gasteiger partial charge < -0.3 is 0 Å². The summed E-state index contributed by atoms with van der Waals surface area (Å²) in [5.74, 6) is 0. The van der Waals surface area contributed by atoms with Gasteiger partial charge in [0.2, 0.25) is 0 Å². The van der Waals surface area contributed by atoms with Crippen molar-refractivity contribution in [3.63, 3.8) is 0 Å². The van der Waals surface area contributed by atoms with Crippen LogP contribution in [0, 0.1) is 18.3 Å².